The van der Waals surface area contributed by atoms with Crippen molar-refractivity contribution in [3.63, 3.8) is 0 Å². The molecule has 0 aliphatic carbocycles. The maximum absolute atomic E-state index is 8.92. The zero-order valence-electron chi connectivity index (χ0n) is 9.54. The molecule has 1 radical (unpaired) electrons. The van der Waals surface area contributed by atoms with Crippen LogP contribution in [0.15, 0.2) is 68.8 Å². The van der Waals surface area contributed by atoms with Crippen LogP contribution in [0, 0.1) is 0 Å². The Morgan fingerprint density at radius 3 is 2.56 bits per heavy atom. The third-order valence-corrected chi connectivity index (χ3v) is 3.61. The van der Waals surface area contributed by atoms with Gasteiger partial charge in [-0.15, -0.1) is 0 Å². The van der Waals surface area contributed by atoms with Gasteiger partial charge in [0, 0.05) is 15.2 Å². The van der Waals surface area contributed by atoms with E-state index in [1.54, 1.807) is 11.8 Å². The van der Waals surface area contributed by atoms with Crippen LogP contribution in [0.25, 0.3) is 11.0 Å². The molecular formula is C14H10BO2S. The molecular weight excluding hydrogens is 243 g/mol. The van der Waals surface area contributed by atoms with Crippen LogP contribution in [0.1, 0.15) is 0 Å². The molecule has 3 aromatic rings. The van der Waals surface area contributed by atoms with E-state index in [2.05, 4.69) is 18.2 Å². The molecule has 1 heterocycles. The minimum Gasteiger partial charge on any atom is -0.469 e. The van der Waals surface area contributed by atoms with E-state index in [0.29, 0.717) is 5.66 Å². The number of furan rings is 1. The summed E-state index contributed by atoms with van der Waals surface area (Å²) in [5.41, 5.74) is 1.26. The Morgan fingerprint density at radius 1 is 0.944 bits per heavy atom. The fourth-order valence-corrected chi connectivity index (χ4v) is 2.68. The van der Waals surface area contributed by atoms with Crippen LogP contribution >= 0.6 is 11.8 Å². The van der Waals surface area contributed by atoms with E-state index in [1.807, 2.05) is 36.4 Å². The van der Waals surface area contributed by atoms with Crippen molar-refractivity contribution in [2.75, 3.05) is 0 Å². The van der Waals surface area contributed by atoms with E-state index >= 15 is 0 Å². The van der Waals surface area contributed by atoms with Gasteiger partial charge in [0.15, 0.2) is 0 Å². The molecule has 1 aromatic heterocycles. The van der Waals surface area contributed by atoms with Crippen LogP contribution in [-0.2, 0) is 0 Å². The Bertz CT molecular complexity index is 664. The molecule has 3 rings (SSSR count). The molecule has 0 bridgehead atoms. The van der Waals surface area contributed by atoms with E-state index in [4.69, 9.17) is 9.44 Å². The third kappa shape index (κ3) is 2.30. The molecule has 0 atom stereocenters. The summed E-state index contributed by atoms with van der Waals surface area (Å²) in [6, 6.07) is 18.0. The van der Waals surface area contributed by atoms with Crippen molar-refractivity contribution in [3.8, 4) is 0 Å². The molecule has 0 saturated heterocycles. The van der Waals surface area contributed by atoms with E-state index < -0.39 is 0 Å². The average Bonchev–Trinajstić information content (AvgIpc) is 2.82. The number of rotatable bonds is 3. The number of fused-ring (bicyclic) bond motifs is 1. The molecule has 4 heteroatoms. The second kappa shape index (κ2) is 4.92. The predicted molar refractivity (Wildman–Crippen MR) is 74.4 cm³/mol. The lowest BCUT2D eigenvalue weighted by molar-refractivity contribution is 0.584. The minimum absolute atomic E-state index is 0.479. The molecule has 0 spiro atoms. The molecule has 0 aliphatic heterocycles. The first-order valence-electron chi connectivity index (χ1n) is 5.59. The highest BCUT2D eigenvalue weighted by Gasteiger charge is 2.05. The molecule has 1 N–H and O–H groups in total. The largest absolute Gasteiger partial charge is 0.469 e. The topological polar surface area (TPSA) is 33.4 Å². The van der Waals surface area contributed by atoms with Crippen molar-refractivity contribution in [2.24, 2.45) is 0 Å². The summed E-state index contributed by atoms with van der Waals surface area (Å²) < 4.78 is 5.41. The number of hydrogen-bond donors (Lipinski definition) is 1. The fourth-order valence-electron chi connectivity index (χ4n) is 1.79. The van der Waals surface area contributed by atoms with Gasteiger partial charge in [0.05, 0.1) is 5.66 Å². The summed E-state index contributed by atoms with van der Waals surface area (Å²) in [4.78, 5) is 2.35. The minimum atomic E-state index is 0.479. The van der Waals surface area contributed by atoms with Crippen LogP contribution in [0.3, 0.4) is 0 Å². The summed E-state index contributed by atoms with van der Waals surface area (Å²) in [6.45, 7) is 0. The summed E-state index contributed by atoms with van der Waals surface area (Å²) >= 11 is 1.70. The first-order chi connectivity index (χ1) is 8.85. The van der Waals surface area contributed by atoms with E-state index in [-0.39, 0.29) is 0 Å². The van der Waals surface area contributed by atoms with E-state index in [1.165, 1.54) is 4.90 Å². The fraction of sp³-hybridized carbons (Fsp3) is 0. The Morgan fingerprint density at radius 2 is 1.78 bits per heavy atom. The molecule has 2 aromatic carbocycles. The zero-order chi connectivity index (χ0) is 12.4. The van der Waals surface area contributed by atoms with E-state index in [0.717, 1.165) is 23.3 Å². The van der Waals surface area contributed by atoms with Gasteiger partial charge in [-0.2, -0.15) is 0 Å². The van der Waals surface area contributed by atoms with Gasteiger partial charge in [-0.05, 0) is 36.4 Å². The lowest BCUT2D eigenvalue weighted by atomic mass is 9.98. The summed E-state index contributed by atoms with van der Waals surface area (Å²) in [6.07, 6.45) is 0. The summed E-state index contributed by atoms with van der Waals surface area (Å²) in [5.74, 6) is 0. The lowest BCUT2D eigenvalue weighted by Crippen LogP contribution is -2.08. The molecule has 0 aliphatic rings. The molecule has 0 amide bonds. The van der Waals surface area contributed by atoms with Gasteiger partial charge in [-0.25, -0.2) is 0 Å². The van der Waals surface area contributed by atoms with Gasteiger partial charge in [-0.1, -0.05) is 30.0 Å². The van der Waals surface area contributed by atoms with Crippen LogP contribution < -0.4 is 5.66 Å². The van der Waals surface area contributed by atoms with Crippen molar-refractivity contribution in [1.29, 1.82) is 0 Å². The molecule has 0 fully saturated rings. The van der Waals surface area contributed by atoms with Crippen molar-refractivity contribution in [1.82, 2.24) is 0 Å². The highest BCUT2D eigenvalue weighted by atomic mass is 32.2. The van der Waals surface area contributed by atoms with Gasteiger partial charge < -0.3 is 9.44 Å². The molecule has 2 nitrogen and oxygen atoms in total. The molecule has 87 valence electrons. The highest BCUT2D eigenvalue weighted by Crippen LogP contribution is 2.29. The van der Waals surface area contributed by atoms with Gasteiger partial charge in [-0.3, -0.25) is 0 Å². The maximum atomic E-state index is 8.92. The lowest BCUT2D eigenvalue weighted by Gasteiger charge is -2.00. The average molecular weight is 253 g/mol. The maximum Gasteiger partial charge on any atom is 0.373 e. The van der Waals surface area contributed by atoms with Crippen LogP contribution in [0.4, 0.5) is 0 Å². The van der Waals surface area contributed by atoms with Crippen molar-refractivity contribution in [2.45, 2.75) is 9.79 Å². The standard InChI is InChI=1S/C14H10BO2S/c16-15-14-9-10-8-12(6-7-13(10)17-14)18-11-4-2-1-3-5-11/h1-9,16H. The number of benzene rings is 2. The third-order valence-electron chi connectivity index (χ3n) is 2.61. The Kier molecular flexibility index (Phi) is 3.13. The monoisotopic (exact) mass is 253 g/mol. The molecule has 0 saturated carbocycles. The van der Waals surface area contributed by atoms with Gasteiger partial charge >= 0.3 is 7.48 Å². The first kappa shape index (κ1) is 11.4. The Labute approximate surface area is 110 Å². The van der Waals surface area contributed by atoms with E-state index in [9.17, 15) is 0 Å². The first-order valence-corrected chi connectivity index (χ1v) is 6.41. The van der Waals surface area contributed by atoms with Crippen LogP contribution in [-0.4, -0.2) is 12.5 Å². The SMILES string of the molecule is O[B]c1cc2cc(Sc3ccccc3)ccc2o1. The normalized spacial score (nSPS) is 10.7. The second-order valence-electron chi connectivity index (χ2n) is 3.89. The van der Waals surface area contributed by atoms with Crippen molar-refractivity contribution >= 4 is 35.9 Å². The Hall–Kier alpha value is -1.65. The smallest absolute Gasteiger partial charge is 0.373 e. The zero-order valence-corrected chi connectivity index (χ0v) is 10.4. The molecule has 18 heavy (non-hydrogen) atoms. The Balaban J connectivity index is 1.93. The highest BCUT2D eigenvalue weighted by molar-refractivity contribution is 7.99. The molecule has 0 unspecified atom stereocenters. The van der Waals surface area contributed by atoms with Crippen LogP contribution in [0.5, 0.6) is 0 Å². The summed E-state index contributed by atoms with van der Waals surface area (Å²) in [5, 5.41) is 9.92. The van der Waals surface area contributed by atoms with Crippen molar-refractivity contribution in [3.05, 3.63) is 54.6 Å². The van der Waals surface area contributed by atoms with Gasteiger partial charge in [0.1, 0.15) is 5.58 Å². The van der Waals surface area contributed by atoms with Crippen LogP contribution in [0.2, 0.25) is 0 Å². The summed E-state index contributed by atoms with van der Waals surface area (Å²) in [7, 11) is 0.976. The second-order valence-corrected chi connectivity index (χ2v) is 5.04. The van der Waals surface area contributed by atoms with Gasteiger partial charge in [0.25, 0.3) is 0 Å². The number of hydrogen-bond acceptors (Lipinski definition) is 3. The van der Waals surface area contributed by atoms with Crippen molar-refractivity contribution < 1.29 is 9.44 Å². The predicted octanol–water partition coefficient (Wildman–Crippen LogP) is 2.82. The van der Waals surface area contributed by atoms with Gasteiger partial charge in [0.2, 0.25) is 0 Å². The quantitative estimate of drug-likeness (QED) is 0.728.